The van der Waals surface area contributed by atoms with Gasteiger partial charge in [-0.2, -0.15) is 5.26 Å². The summed E-state index contributed by atoms with van der Waals surface area (Å²) in [5, 5.41) is 23.0. The average Bonchev–Trinajstić information content (AvgIpc) is 3.35. The highest BCUT2D eigenvalue weighted by Crippen LogP contribution is 2.36. The molecular weight excluding hydrogens is 499 g/mol. The molecule has 0 unspecified atom stereocenters. The number of rotatable bonds is 8. The van der Waals surface area contributed by atoms with Crippen molar-refractivity contribution in [1.82, 2.24) is 9.55 Å². The number of aromatic nitrogens is 2. The maximum atomic E-state index is 13.6. The monoisotopic (exact) mass is 524 g/mol. The second-order valence-electron chi connectivity index (χ2n) is 9.71. The number of unbranched alkanes of at least 4 members (excludes halogenated alkanes) is 1. The van der Waals surface area contributed by atoms with Crippen LogP contribution < -0.4 is 5.56 Å². The maximum absolute atomic E-state index is 13.6. The van der Waals surface area contributed by atoms with Crippen LogP contribution in [0.15, 0.2) is 76.7 Å². The lowest BCUT2D eigenvalue weighted by atomic mass is 9.88. The minimum Gasteiger partial charge on any atom is -0.481 e. The van der Waals surface area contributed by atoms with Gasteiger partial charge in [-0.15, -0.1) is 0 Å². The molecule has 9 heteroatoms. The summed E-state index contributed by atoms with van der Waals surface area (Å²) in [6, 6.07) is 20.3. The van der Waals surface area contributed by atoms with Crippen LogP contribution in [-0.2, 0) is 21.7 Å². The summed E-state index contributed by atoms with van der Waals surface area (Å²) < 4.78 is 15.0. The zero-order valence-electron chi connectivity index (χ0n) is 21.2. The molecule has 1 aromatic heterocycles. The third-order valence-corrected chi connectivity index (χ3v) is 6.86. The van der Waals surface area contributed by atoms with Gasteiger partial charge in [0.15, 0.2) is 5.60 Å². The lowest BCUT2D eigenvalue weighted by molar-refractivity contribution is -0.137. The average molecular weight is 525 g/mol. The number of carboxylic acid groups (broad SMARTS) is 1. The first kappa shape index (κ1) is 25.8. The van der Waals surface area contributed by atoms with Crippen molar-refractivity contribution in [3.8, 4) is 11.8 Å². The molecule has 0 fully saturated rings. The summed E-state index contributed by atoms with van der Waals surface area (Å²) in [6.45, 7) is 1.91. The van der Waals surface area contributed by atoms with E-state index < -0.39 is 17.4 Å². The van der Waals surface area contributed by atoms with Gasteiger partial charge in [0.25, 0.3) is 5.56 Å². The van der Waals surface area contributed by atoms with Crippen molar-refractivity contribution in [1.29, 1.82) is 5.26 Å². The van der Waals surface area contributed by atoms with Crippen molar-refractivity contribution in [2.24, 2.45) is 5.16 Å². The first-order valence-electron chi connectivity index (χ1n) is 12.6. The Hall–Kier alpha value is -4.84. The molecule has 1 atom stereocenters. The molecule has 1 aliphatic heterocycles. The largest absolute Gasteiger partial charge is 0.481 e. The van der Waals surface area contributed by atoms with Crippen molar-refractivity contribution in [2.75, 3.05) is 0 Å². The highest BCUT2D eigenvalue weighted by Gasteiger charge is 2.37. The van der Waals surface area contributed by atoms with Gasteiger partial charge in [-0.05, 0) is 73.9 Å². The molecule has 0 bridgehead atoms. The molecule has 2 heterocycles. The fourth-order valence-electron chi connectivity index (χ4n) is 4.76. The number of hydrogen-bond acceptors (Lipinski definition) is 6. The van der Waals surface area contributed by atoms with Gasteiger partial charge < -0.3 is 9.94 Å². The number of benzene rings is 3. The van der Waals surface area contributed by atoms with Gasteiger partial charge in [0, 0.05) is 24.8 Å². The van der Waals surface area contributed by atoms with Gasteiger partial charge in [-0.25, -0.2) is 9.37 Å². The number of aliphatic carboxylic acids is 1. The van der Waals surface area contributed by atoms with Crippen LogP contribution >= 0.6 is 0 Å². The summed E-state index contributed by atoms with van der Waals surface area (Å²) in [5.74, 6) is -0.837. The Balaban J connectivity index is 1.51. The number of hydrogen-bond donors (Lipinski definition) is 1. The van der Waals surface area contributed by atoms with E-state index in [4.69, 9.17) is 14.9 Å². The Kier molecular flexibility index (Phi) is 6.94. The van der Waals surface area contributed by atoms with Gasteiger partial charge in [0.1, 0.15) is 11.6 Å². The van der Waals surface area contributed by atoms with Crippen LogP contribution in [0.1, 0.15) is 55.1 Å². The molecule has 5 rings (SSSR count). The molecule has 39 heavy (non-hydrogen) atoms. The minimum absolute atomic E-state index is 0.0222. The van der Waals surface area contributed by atoms with Gasteiger partial charge in [-0.1, -0.05) is 23.4 Å². The fourth-order valence-corrected chi connectivity index (χ4v) is 4.76. The number of halogens is 1. The zero-order valence-corrected chi connectivity index (χ0v) is 21.2. The standard InChI is InChI=1S/C30H25FN4O4/c1-30(21-6-4-5-19(15-21)18-32)17-26(34-39-30)20-9-14-24-25(16-20)33-27(7-2-3-8-28(36)37)35(29(24)38)23-12-10-22(31)11-13-23/h4-6,9-16H,2-3,7-8,17H2,1H3,(H,36,37)/t30-/m1/s1. The van der Waals surface area contributed by atoms with E-state index in [0.29, 0.717) is 59.4 Å². The van der Waals surface area contributed by atoms with Crippen LogP contribution in [0.5, 0.6) is 0 Å². The van der Waals surface area contributed by atoms with E-state index in [2.05, 4.69) is 11.2 Å². The van der Waals surface area contributed by atoms with E-state index in [1.807, 2.05) is 19.1 Å². The Morgan fingerprint density at radius 1 is 1.15 bits per heavy atom. The van der Waals surface area contributed by atoms with Crippen molar-refractivity contribution in [3.05, 3.63) is 105 Å². The topological polar surface area (TPSA) is 118 Å². The van der Waals surface area contributed by atoms with Crippen LogP contribution in [0.25, 0.3) is 16.6 Å². The Bertz CT molecular complexity index is 1710. The number of nitrogens with zero attached hydrogens (tertiary/aromatic N) is 4. The van der Waals surface area contributed by atoms with Gasteiger partial charge in [0.2, 0.25) is 0 Å². The number of carbonyl (C=O) groups is 1. The summed E-state index contributed by atoms with van der Waals surface area (Å²) in [4.78, 5) is 35.2. The van der Waals surface area contributed by atoms with Crippen molar-refractivity contribution < 1.29 is 19.1 Å². The highest BCUT2D eigenvalue weighted by atomic mass is 19.1. The second kappa shape index (κ2) is 10.5. The molecule has 0 saturated heterocycles. The predicted octanol–water partition coefficient (Wildman–Crippen LogP) is 5.23. The van der Waals surface area contributed by atoms with Gasteiger partial charge in [-0.3, -0.25) is 14.2 Å². The van der Waals surface area contributed by atoms with Crippen LogP contribution in [0.3, 0.4) is 0 Å². The molecule has 196 valence electrons. The molecule has 0 aliphatic carbocycles. The molecular formula is C30H25FN4O4. The molecule has 3 aromatic carbocycles. The van der Waals surface area contributed by atoms with Gasteiger partial charge >= 0.3 is 5.97 Å². The number of nitriles is 1. The first-order chi connectivity index (χ1) is 18.8. The van der Waals surface area contributed by atoms with Crippen molar-refractivity contribution >= 4 is 22.6 Å². The maximum Gasteiger partial charge on any atom is 0.303 e. The summed E-state index contributed by atoms with van der Waals surface area (Å²) >= 11 is 0. The summed E-state index contributed by atoms with van der Waals surface area (Å²) in [5.41, 5.74) is 2.74. The zero-order chi connectivity index (χ0) is 27.6. The Labute approximate surface area is 223 Å². The number of oxime groups is 1. The third-order valence-electron chi connectivity index (χ3n) is 6.86. The van der Waals surface area contributed by atoms with Crippen LogP contribution in [-0.4, -0.2) is 26.3 Å². The van der Waals surface area contributed by atoms with Gasteiger partial charge in [0.05, 0.1) is 33.9 Å². The predicted molar refractivity (Wildman–Crippen MR) is 143 cm³/mol. The van der Waals surface area contributed by atoms with E-state index >= 15 is 0 Å². The Morgan fingerprint density at radius 3 is 2.69 bits per heavy atom. The quantitative estimate of drug-likeness (QED) is 0.315. The smallest absolute Gasteiger partial charge is 0.303 e. The molecule has 0 saturated carbocycles. The summed E-state index contributed by atoms with van der Waals surface area (Å²) in [7, 11) is 0. The normalized spacial score (nSPS) is 16.5. The van der Waals surface area contributed by atoms with Crippen LogP contribution in [0, 0.1) is 17.1 Å². The van der Waals surface area contributed by atoms with E-state index in [1.165, 1.54) is 28.8 Å². The molecule has 4 aromatic rings. The van der Waals surface area contributed by atoms with E-state index in [0.717, 1.165) is 11.1 Å². The number of aryl methyl sites for hydroxylation is 1. The summed E-state index contributed by atoms with van der Waals surface area (Å²) in [6.07, 6.45) is 1.81. The SMILES string of the molecule is C[C@]1(c2cccc(C#N)c2)CC(c2ccc3c(=O)n(-c4ccc(F)cc4)c(CCCCC(=O)O)nc3c2)=NO1. The molecule has 1 aliphatic rings. The highest BCUT2D eigenvalue weighted by molar-refractivity contribution is 6.04. The van der Waals surface area contributed by atoms with Crippen LogP contribution in [0.4, 0.5) is 4.39 Å². The third kappa shape index (κ3) is 5.27. The van der Waals surface area contributed by atoms with Crippen molar-refractivity contribution in [3.63, 3.8) is 0 Å². The lowest BCUT2D eigenvalue weighted by Crippen LogP contribution is -2.24. The molecule has 0 spiro atoms. The lowest BCUT2D eigenvalue weighted by Gasteiger charge is -2.22. The van der Waals surface area contributed by atoms with Crippen LogP contribution in [0.2, 0.25) is 0 Å². The molecule has 0 amide bonds. The molecule has 1 N–H and O–H groups in total. The number of fused-ring (bicyclic) bond motifs is 1. The number of carboxylic acids is 1. The van der Waals surface area contributed by atoms with E-state index in [-0.39, 0.29) is 12.0 Å². The molecule has 8 nitrogen and oxygen atoms in total. The Morgan fingerprint density at radius 2 is 1.95 bits per heavy atom. The van der Waals surface area contributed by atoms with Crippen molar-refractivity contribution in [2.45, 2.75) is 44.6 Å². The van der Waals surface area contributed by atoms with E-state index in [9.17, 15) is 19.2 Å². The molecule has 0 radical (unpaired) electrons. The first-order valence-corrected chi connectivity index (χ1v) is 12.6. The minimum atomic E-state index is -0.882. The second-order valence-corrected chi connectivity index (χ2v) is 9.71. The fraction of sp³-hybridized carbons (Fsp3) is 0.233. The van der Waals surface area contributed by atoms with E-state index in [1.54, 1.807) is 30.3 Å².